The van der Waals surface area contributed by atoms with Crippen LogP contribution < -0.4 is 0 Å². The normalized spacial score (nSPS) is 17.7. The van der Waals surface area contributed by atoms with Gasteiger partial charge in [0.05, 0.1) is 11.4 Å². The molecule has 1 aliphatic heterocycles. The number of carbonyl (C=O) groups excluding carboxylic acids is 1. The third-order valence-corrected chi connectivity index (χ3v) is 5.88. The number of carbonyl (C=O) groups is 1. The van der Waals surface area contributed by atoms with E-state index >= 15 is 0 Å². The van der Waals surface area contributed by atoms with E-state index in [0.717, 1.165) is 16.9 Å². The summed E-state index contributed by atoms with van der Waals surface area (Å²) < 4.78 is 0. The van der Waals surface area contributed by atoms with Crippen molar-refractivity contribution in [2.45, 2.75) is 41.9 Å². The average molecular weight is 321 g/mol. The Hall–Kier alpha value is -1.87. The molecule has 1 aliphatic carbocycles. The van der Waals surface area contributed by atoms with E-state index in [1.54, 1.807) is 11.8 Å². The molecule has 4 rings (SSSR count). The van der Waals surface area contributed by atoms with Gasteiger partial charge in [0.25, 0.3) is 0 Å². The molecule has 2 aliphatic rings. The van der Waals surface area contributed by atoms with Crippen molar-refractivity contribution in [3.63, 3.8) is 0 Å². The molecule has 0 amide bonds. The molecule has 0 bridgehead atoms. The van der Waals surface area contributed by atoms with Crippen molar-refractivity contribution >= 4 is 29.4 Å². The molecule has 0 spiro atoms. The Morgan fingerprint density at radius 2 is 1.83 bits per heavy atom. The molecule has 116 valence electrons. The van der Waals surface area contributed by atoms with Crippen LogP contribution in [0.2, 0.25) is 0 Å². The molecule has 0 N–H and O–H groups in total. The van der Waals surface area contributed by atoms with Gasteiger partial charge in [0.2, 0.25) is 0 Å². The number of aldehydes is 1. The lowest BCUT2D eigenvalue weighted by Gasteiger charge is -2.24. The molecule has 2 aromatic carbocycles. The fourth-order valence-electron chi connectivity index (χ4n) is 3.54. The second kappa shape index (κ2) is 6.32. The second-order valence-electron chi connectivity index (χ2n) is 6.28. The quantitative estimate of drug-likeness (QED) is 0.667. The van der Waals surface area contributed by atoms with Crippen molar-refractivity contribution in [1.82, 2.24) is 0 Å². The third-order valence-electron chi connectivity index (χ3n) is 4.73. The highest BCUT2D eigenvalue weighted by Gasteiger charge is 2.25. The Balaban J connectivity index is 1.87. The molecular weight excluding hydrogens is 302 g/mol. The molecule has 0 saturated heterocycles. The highest BCUT2D eigenvalue weighted by molar-refractivity contribution is 7.99. The molecule has 0 aromatic heterocycles. The Morgan fingerprint density at radius 3 is 2.65 bits per heavy atom. The van der Waals surface area contributed by atoms with Crippen LogP contribution in [-0.4, -0.2) is 12.0 Å². The monoisotopic (exact) mass is 321 g/mol. The van der Waals surface area contributed by atoms with Crippen molar-refractivity contribution < 1.29 is 4.79 Å². The van der Waals surface area contributed by atoms with Crippen LogP contribution in [0.25, 0.3) is 0 Å². The first-order chi connectivity index (χ1) is 11.3. The number of benzene rings is 2. The molecule has 1 fully saturated rings. The van der Waals surface area contributed by atoms with E-state index < -0.39 is 0 Å². The Bertz CT molecular complexity index is 775. The lowest BCUT2D eigenvalue weighted by atomic mass is 9.83. The van der Waals surface area contributed by atoms with Crippen molar-refractivity contribution in [2.75, 3.05) is 0 Å². The third kappa shape index (κ3) is 2.86. The van der Waals surface area contributed by atoms with Crippen LogP contribution in [0.4, 0.5) is 5.69 Å². The topological polar surface area (TPSA) is 29.4 Å². The van der Waals surface area contributed by atoms with Crippen LogP contribution in [-0.2, 0) is 0 Å². The summed E-state index contributed by atoms with van der Waals surface area (Å²) in [5.41, 5.74) is 4.13. The first-order valence-corrected chi connectivity index (χ1v) is 9.12. The van der Waals surface area contributed by atoms with E-state index in [1.165, 1.54) is 48.3 Å². The molecule has 2 aromatic rings. The first-order valence-electron chi connectivity index (χ1n) is 8.30. The first kappa shape index (κ1) is 14.7. The van der Waals surface area contributed by atoms with E-state index in [2.05, 4.69) is 24.3 Å². The lowest BCUT2D eigenvalue weighted by Crippen LogP contribution is -2.19. The minimum atomic E-state index is 0.538. The lowest BCUT2D eigenvalue weighted by molar-refractivity contribution is 0.112. The largest absolute Gasteiger partial charge is 0.298 e. The van der Waals surface area contributed by atoms with E-state index in [4.69, 9.17) is 4.99 Å². The fourth-order valence-corrected chi connectivity index (χ4v) is 4.56. The maximum Gasteiger partial charge on any atom is 0.150 e. The van der Waals surface area contributed by atoms with Gasteiger partial charge in [-0.3, -0.25) is 9.79 Å². The zero-order valence-corrected chi connectivity index (χ0v) is 13.8. The Labute approximate surface area is 141 Å². The summed E-state index contributed by atoms with van der Waals surface area (Å²) in [6.45, 7) is 0. The predicted octanol–water partition coefficient (Wildman–Crippen LogP) is 5.66. The number of nitrogens with zero attached hydrogens (tertiary/aromatic N) is 1. The maximum atomic E-state index is 11.1. The molecule has 2 nitrogen and oxygen atoms in total. The van der Waals surface area contributed by atoms with Crippen LogP contribution in [0.3, 0.4) is 0 Å². The molecule has 1 heterocycles. The fraction of sp³-hybridized carbons (Fsp3) is 0.300. The van der Waals surface area contributed by atoms with Crippen molar-refractivity contribution in [2.24, 2.45) is 10.9 Å². The van der Waals surface area contributed by atoms with Gasteiger partial charge in [-0.2, -0.15) is 0 Å². The summed E-state index contributed by atoms with van der Waals surface area (Å²) in [4.78, 5) is 18.6. The number of fused-ring (bicyclic) bond motifs is 2. The molecule has 0 radical (unpaired) electrons. The molecule has 3 heteroatoms. The van der Waals surface area contributed by atoms with Crippen LogP contribution >= 0.6 is 11.8 Å². The van der Waals surface area contributed by atoms with Gasteiger partial charge in [0.15, 0.2) is 0 Å². The summed E-state index contributed by atoms with van der Waals surface area (Å²) in [7, 11) is 0. The minimum Gasteiger partial charge on any atom is -0.298 e. The van der Waals surface area contributed by atoms with Crippen LogP contribution in [0.1, 0.15) is 48.0 Å². The Morgan fingerprint density at radius 1 is 1.00 bits per heavy atom. The van der Waals surface area contributed by atoms with Gasteiger partial charge in [-0.1, -0.05) is 55.3 Å². The van der Waals surface area contributed by atoms with Crippen molar-refractivity contribution in [3.05, 3.63) is 53.6 Å². The summed E-state index contributed by atoms with van der Waals surface area (Å²) in [5.74, 6) is 0.538. The van der Waals surface area contributed by atoms with Crippen LogP contribution in [0.5, 0.6) is 0 Å². The molecule has 0 atom stereocenters. The minimum absolute atomic E-state index is 0.538. The summed E-state index contributed by atoms with van der Waals surface area (Å²) in [6.07, 6.45) is 7.27. The SMILES string of the molecule is O=Cc1ccc2c(c1)N=C(C1CCCCC1)c1ccccc1S2. The highest BCUT2D eigenvalue weighted by Crippen LogP contribution is 2.43. The van der Waals surface area contributed by atoms with Gasteiger partial charge < -0.3 is 0 Å². The van der Waals surface area contributed by atoms with Gasteiger partial charge in [0, 0.05) is 26.8 Å². The zero-order valence-electron chi connectivity index (χ0n) is 13.0. The van der Waals surface area contributed by atoms with Crippen molar-refractivity contribution in [1.29, 1.82) is 0 Å². The summed E-state index contributed by atoms with van der Waals surface area (Å²) in [6, 6.07) is 14.4. The zero-order chi connectivity index (χ0) is 15.6. The number of hydrogen-bond donors (Lipinski definition) is 0. The van der Waals surface area contributed by atoms with Gasteiger partial charge in [0.1, 0.15) is 6.29 Å². The highest BCUT2D eigenvalue weighted by atomic mass is 32.2. The smallest absolute Gasteiger partial charge is 0.150 e. The van der Waals surface area contributed by atoms with E-state index in [9.17, 15) is 4.79 Å². The molecule has 23 heavy (non-hydrogen) atoms. The average Bonchev–Trinajstić information content (AvgIpc) is 2.78. The van der Waals surface area contributed by atoms with Crippen LogP contribution in [0, 0.1) is 5.92 Å². The number of hydrogen-bond acceptors (Lipinski definition) is 3. The Kier molecular flexibility index (Phi) is 4.04. The van der Waals surface area contributed by atoms with E-state index in [1.807, 2.05) is 18.2 Å². The maximum absolute atomic E-state index is 11.1. The summed E-state index contributed by atoms with van der Waals surface area (Å²) in [5, 5.41) is 0. The van der Waals surface area contributed by atoms with Crippen LogP contribution in [0.15, 0.2) is 57.2 Å². The molecule has 1 saturated carbocycles. The van der Waals surface area contributed by atoms with Gasteiger partial charge in [-0.05, 0) is 31.0 Å². The van der Waals surface area contributed by atoms with E-state index in [-0.39, 0.29) is 0 Å². The summed E-state index contributed by atoms with van der Waals surface area (Å²) >= 11 is 1.76. The standard InChI is InChI=1S/C20H19NOS/c22-13-14-10-11-19-17(12-14)21-20(15-6-2-1-3-7-15)16-8-4-5-9-18(16)23-19/h4-5,8-13,15H,1-3,6-7H2. The second-order valence-corrected chi connectivity index (χ2v) is 7.36. The number of rotatable bonds is 2. The van der Waals surface area contributed by atoms with Crippen molar-refractivity contribution in [3.8, 4) is 0 Å². The van der Waals surface area contributed by atoms with Gasteiger partial charge in [-0.25, -0.2) is 0 Å². The van der Waals surface area contributed by atoms with Gasteiger partial charge in [-0.15, -0.1) is 0 Å². The van der Waals surface area contributed by atoms with E-state index in [0.29, 0.717) is 11.5 Å². The molecular formula is C20H19NOS. The van der Waals surface area contributed by atoms with Gasteiger partial charge >= 0.3 is 0 Å². The number of aliphatic imine (C=N–C) groups is 1. The molecule has 0 unspecified atom stereocenters. The predicted molar refractivity (Wildman–Crippen MR) is 95.2 cm³/mol.